The maximum atomic E-state index is 5.09. The lowest BCUT2D eigenvalue weighted by Crippen LogP contribution is -2.25. The molecule has 20 heavy (non-hydrogen) atoms. The highest BCUT2D eigenvalue weighted by Gasteiger charge is 2.13. The van der Waals surface area contributed by atoms with Gasteiger partial charge in [0, 0.05) is 24.7 Å². The highest BCUT2D eigenvalue weighted by molar-refractivity contribution is 9.10. The molecule has 0 saturated heterocycles. The Balaban J connectivity index is 2.52. The fourth-order valence-electron chi connectivity index (χ4n) is 2.20. The zero-order chi connectivity index (χ0) is 14.6. The third-order valence-electron chi connectivity index (χ3n) is 3.26. The van der Waals surface area contributed by atoms with Crippen LogP contribution in [-0.4, -0.2) is 38.3 Å². The van der Waals surface area contributed by atoms with E-state index in [4.69, 9.17) is 4.74 Å². The zero-order valence-electron chi connectivity index (χ0n) is 12.5. The Morgan fingerprint density at radius 2 is 2.15 bits per heavy atom. The first-order valence-electron chi connectivity index (χ1n) is 7.31. The summed E-state index contributed by atoms with van der Waals surface area (Å²) in [7, 11) is 1.74. The Morgan fingerprint density at radius 1 is 1.35 bits per heavy atom. The maximum Gasteiger partial charge on any atom is 0.0587 e. The average molecular weight is 360 g/mol. The zero-order valence-corrected chi connectivity index (χ0v) is 14.9. The van der Waals surface area contributed by atoms with E-state index in [0.29, 0.717) is 5.92 Å². The van der Waals surface area contributed by atoms with Crippen molar-refractivity contribution in [2.24, 2.45) is 0 Å². The fourth-order valence-corrected chi connectivity index (χ4v) is 3.47. The van der Waals surface area contributed by atoms with E-state index < -0.39 is 0 Å². The van der Waals surface area contributed by atoms with Gasteiger partial charge in [-0.2, -0.15) is 11.8 Å². The van der Waals surface area contributed by atoms with Crippen LogP contribution in [-0.2, 0) is 4.74 Å². The Hall–Kier alpha value is -0.0300. The SMILES string of the molecule is CCSCCCC(CNCCOC)c1ccccc1Br. The fraction of sp³-hybridized carbons (Fsp3) is 0.625. The van der Waals surface area contributed by atoms with E-state index in [9.17, 15) is 0 Å². The molecule has 0 bridgehead atoms. The molecule has 1 N–H and O–H groups in total. The Kier molecular flexibility index (Phi) is 10.5. The monoisotopic (exact) mass is 359 g/mol. The molecular weight excluding hydrogens is 334 g/mol. The molecule has 1 rings (SSSR count). The van der Waals surface area contributed by atoms with Gasteiger partial charge >= 0.3 is 0 Å². The average Bonchev–Trinajstić information content (AvgIpc) is 2.46. The predicted octanol–water partition coefficient (Wildman–Crippen LogP) is 4.30. The molecule has 0 aliphatic rings. The van der Waals surface area contributed by atoms with Crippen LogP contribution in [0, 0.1) is 0 Å². The van der Waals surface area contributed by atoms with E-state index in [1.165, 1.54) is 34.4 Å². The Morgan fingerprint density at radius 3 is 2.85 bits per heavy atom. The molecule has 2 nitrogen and oxygen atoms in total. The van der Waals surface area contributed by atoms with Crippen LogP contribution in [0.25, 0.3) is 0 Å². The van der Waals surface area contributed by atoms with Gasteiger partial charge in [-0.15, -0.1) is 0 Å². The van der Waals surface area contributed by atoms with Gasteiger partial charge in [-0.3, -0.25) is 0 Å². The van der Waals surface area contributed by atoms with Gasteiger partial charge in [0.2, 0.25) is 0 Å². The minimum Gasteiger partial charge on any atom is -0.383 e. The summed E-state index contributed by atoms with van der Waals surface area (Å²) in [6, 6.07) is 8.58. The lowest BCUT2D eigenvalue weighted by atomic mass is 9.94. The summed E-state index contributed by atoms with van der Waals surface area (Å²) in [5, 5.41) is 3.50. The second kappa shape index (κ2) is 11.6. The molecule has 4 heteroatoms. The summed E-state index contributed by atoms with van der Waals surface area (Å²) in [5.74, 6) is 3.04. The summed E-state index contributed by atoms with van der Waals surface area (Å²) < 4.78 is 6.31. The molecule has 1 unspecified atom stereocenters. The highest BCUT2D eigenvalue weighted by atomic mass is 79.9. The van der Waals surface area contributed by atoms with Crippen LogP contribution in [0.4, 0.5) is 0 Å². The van der Waals surface area contributed by atoms with E-state index >= 15 is 0 Å². The molecule has 114 valence electrons. The number of hydrogen-bond donors (Lipinski definition) is 1. The van der Waals surface area contributed by atoms with Gasteiger partial charge < -0.3 is 10.1 Å². The van der Waals surface area contributed by atoms with Crippen LogP contribution in [0.5, 0.6) is 0 Å². The lowest BCUT2D eigenvalue weighted by Gasteiger charge is -2.19. The van der Waals surface area contributed by atoms with Crippen molar-refractivity contribution in [2.45, 2.75) is 25.7 Å². The molecule has 1 atom stereocenters. The largest absolute Gasteiger partial charge is 0.383 e. The lowest BCUT2D eigenvalue weighted by molar-refractivity contribution is 0.198. The first-order chi connectivity index (χ1) is 9.79. The van der Waals surface area contributed by atoms with Crippen molar-refractivity contribution in [2.75, 3.05) is 38.3 Å². The van der Waals surface area contributed by atoms with Crippen LogP contribution < -0.4 is 5.32 Å². The molecule has 0 amide bonds. The van der Waals surface area contributed by atoms with E-state index in [-0.39, 0.29) is 0 Å². The normalized spacial score (nSPS) is 12.6. The highest BCUT2D eigenvalue weighted by Crippen LogP contribution is 2.28. The summed E-state index contributed by atoms with van der Waals surface area (Å²) in [4.78, 5) is 0. The van der Waals surface area contributed by atoms with E-state index in [0.717, 1.165) is 19.7 Å². The summed E-state index contributed by atoms with van der Waals surface area (Å²) in [6.45, 7) is 4.93. The second-order valence-electron chi connectivity index (χ2n) is 4.75. The molecular formula is C16H26BrNOS. The molecule has 0 aliphatic carbocycles. The minimum absolute atomic E-state index is 0.569. The molecule has 1 aromatic rings. The third kappa shape index (κ3) is 7.11. The van der Waals surface area contributed by atoms with E-state index in [2.05, 4.69) is 52.4 Å². The number of nitrogens with one attached hydrogen (secondary N) is 1. The van der Waals surface area contributed by atoms with Gasteiger partial charge in [-0.1, -0.05) is 41.1 Å². The summed E-state index contributed by atoms with van der Waals surface area (Å²) in [5.41, 5.74) is 1.42. The summed E-state index contributed by atoms with van der Waals surface area (Å²) >= 11 is 5.71. The van der Waals surface area contributed by atoms with Crippen molar-refractivity contribution >= 4 is 27.7 Å². The van der Waals surface area contributed by atoms with Crippen LogP contribution in [0.2, 0.25) is 0 Å². The molecule has 0 spiro atoms. The number of halogens is 1. The van der Waals surface area contributed by atoms with Gasteiger partial charge in [0.25, 0.3) is 0 Å². The van der Waals surface area contributed by atoms with Crippen molar-refractivity contribution in [1.29, 1.82) is 0 Å². The van der Waals surface area contributed by atoms with Gasteiger partial charge in [0.1, 0.15) is 0 Å². The molecule has 0 heterocycles. The number of thioether (sulfide) groups is 1. The molecule has 0 saturated carbocycles. The molecule has 0 fully saturated rings. The standard InChI is InChI=1S/C16H26BrNOS/c1-3-20-12-6-7-14(13-18-10-11-19-2)15-8-4-5-9-16(15)17/h4-5,8-9,14,18H,3,6-7,10-13H2,1-2H3. The quantitative estimate of drug-likeness (QED) is 0.595. The minimum atomic E-state index is 0.569. The first-order valence-corrected chi connectivity index (χ1v) is 9.26. The number of benzene rings is 1. The van der Waals surface area contributed by atoms with Crippen molar-refractivity contribution < 1.29 is 4.74 Å². The number of rotatable bonds is 11. The van der Waals surface area contributed by atoms with Gasteiger partial charge in [0.15, 0.2) is 0 Å². The van der Waals surface area contributed by atoms with E-state index in [1.807, 2.05) is 11.8 Å². The maximum absolute atomic E-state index is 5.09. The Labute approximate surface area is 136 Å². The van der Waals surface area contributed by atoms with Crippen molar-refractivity contribution in [3.63, 3.8) is 0 Å². The van der Waals surface area contributed by atoms with Crippen molar-refractivity contribution in [3.8, 4) is 0 Å². The van der Waals surface area contributed by atoms with Crippen LogP contribution in [0.15, 0.2) is 28.7 Å². The van der Waals surface area contributed by atoms with Gasteiger partial charge in [0.05, 0.1) is 6.61 Å². The first kappa shape index (κ1) is 18.0. The summed E-state index contributed by atoms with van der Waals surface area (Å²) in [6.07, 6.45) is 2.51. The molecule has 0 aliphatic heterocycles. The number of hydrogen-bond acceptors (Lipinski definition) is 3. The third-order valence-corrected chi connectivity index (χ3v) is 4.97. The van der Waals surface area contributed by atoms with E-state index in [1.54, 1.807) is 7.11 Å². The molecule has 1 aromatic carbocycles. The number of methoxy groups -OCH3 is 1. The van der Waals surface area contributed by atoms with Gasteiger partial charge in [-0.25, -0.2) is 0 Å². The Bertz CT molecular complexity index is 350. The topological polar surface area (TPSA) is 21.3 Å². The second-order valence-corrected chi connectivity index (χ2v) is 7.00. The smallest absolute Gasteiger partial charge is 0.0587 e. The van der Waals surface area contributed by atoms with Crippen molar-refractivity contribution in [1.82, 2.24) is 5.32 Å². The van der Waals surface area contributed by atoms with Crippen LogP contribution >= 0.6 is 27.7 Å². The van der Waals surface area contributed by atoms with Crippen LogP contribution in [0.1, 0.15) is 31.2 Å². The molecule has 0 aromatic heterocycles. The van der Waals surface area contributed by atoms with Gasteiger partial charge in [-0.05, 0) is 41.9 Å². The predicted molar refractivity (Wildman–Crippen MR) is 93.9 cm³/mol. The van der Waals surface area contributed by atoms with Crippen LogP contribution in [0.3, 0.4) is 0 Å². The number of ether oxygens (including phenoxy) is 1. The van der Waals surface area contributed by atoms with Crippen molar-refractivity contribution in [3.05, 3.63) is 34.3 Å². The molecule has 0 radical (unpaired) electrons.